The van der Waals surface area contributed by atoms with Crippen molar-refractivity contribution in [3.8, 4) is 0 Å². The second-order valence-electron chi connectivity index (χ2n) is 10.3. The van der Waals surface area contributed by atoms with Gasteiger partial charge in [-0.15, -0.1) is 0 Å². The third-order valence-electron chi connectivity index (χ3n) is 7.94. The van der Waals surface area contributed by atoms with Gasteiger partial charge >= 0.3 is 0 Å². The van der Waals surface area contributed by atoms with E-state index in [4.69, 9.17) is 15.1 Å². The second-order valence-corrected chi connectivity index (χ2v) is 10.3. The van der Waals surface area contributed by atoms with Gasteiger partial charge in [-0.2, -0.15) is 5.10 Å². The summed E-state index contributed by atoms with van der Waals surface area (Å²) in [5.74, 6) is 2.06. The van der Waals surface area contributed by atoms with E-state index in [1.165, 1.54) is 32.1 Å². The molecule has 3 heterocycles. The van der Waals surface area contributed by atoms with Crippen molar-refractivity contribution in [3.63, 3.8) is 0 Å². The molecule has 0 N–H and O–H groups in total. The Morgan fingerprint density at radius 3 is 2.81 bits per heavy atom. The van der Waals surface area contributed by atoms with Crippen molar-refractivity contribution in [2.45, 2.75) is 64.2 Å². The SMILES string of the molecule is CC1(C)C(=O)Cc2cc(Cc3nc4c(N5CCC6(CCCC6)C5)nccn4n3)ccc21. The van der Waals surface area contributed by atoms with Crippen molar-refractivity contribution in [2.24, 2.45) is 5.41 Å². The van der Waals surface area contributed by atoms with Crippen LogP contribution in [0.15, 0.2) is 30.6 Å². The summed E-state index contributed by atoms with van der Waals surface area (Å²) in [5.41, 5.74) is 4.43. The lowest BCUT2D eigenvalue weighted by Crippen LogP contribution is -2.26. The Hall–Kier alpha value is -2.76. The lowest BCUT2D eigenvalue weighted by atomic mass is 9.85. The minimum Gasteiger partial charge on any atom is -0.353 e. The molecule has 6 rings (SSSR count). The highest BCUT2D eigenvalue weighted by molar-refractivity contribution is 5.95. The van der Waals surface area contributed by atoms with Crippen LogP contribution in [0.1, 0.15) is 68.5 Å². The van der Waals surface area contributed by atoms with E-state index in [1.54, 1.807) is 0 Å². The molecule has 0 radical (unpaired) electrons. The molecule has 1 spiro atoms. The van der Waals surface area contributed by atoms with Crippen molar-refractivity contribution in [2.75, 3.05) is 18.0 Å². The smallest absolute Gasteiger partial charge is 0.198 e. The summed E-state index contributed by atoms with van der Waals surface area (Å²) in [4.78, 5) is 24.4. The number of carbonyl (C=O) groups excluding carboxylic acids is 1. The third-order valence-corrected chi connectivity index (χ3v) is 7.94. The number of carbonyl (C=O) groups is 1. The molecule has 2 fully saturated rings. The molecule has 1 aromatic carbocycles. The van der Waals surface area contributed by atoms with E-state index in [0.29, 0.717) is 24.0 Å². The molecule has 1 saturated heterocycles. The van der Waals surface area contributed by atoms with Crippen LogP contribution in [-0.2, 0) is 23.1 Å². The first-order valence-electron chi connectivity index (χ1n) is 11.5. The van der Waals surface area contributed by atoms with Crippen molar-refractivity contribution in [1.29, 1.82) is 0 Å². The number of rotatable bonds is 3. The molecular weight excluding hydrogens is 386 g/mol. The maximum atomic E-state index is 12.4. The highest BCUT2D eigenvalue weighted by atomic mass is 16.1. The predicted octanol–water partition coefficient (Wildman–Crippen LogP) is 3.89. The van der Waals surface area contributed by atoms with Crippen LogP contribution in [0.4, 0.5) is 5.82 Å². The van der Waals surface area contributed by atoms with Crippen LogP contribution < -0.4 is 4.90 Å². The average Bonchev–Trinajstić information content (AvgIpc) is 3.51. The zero-order valence-electron chi connectivity index (χ0n) is 18.4. The fourth-order valence-electron chi connectivity index (χ4n) is 6.04. The predicted molar refractivity (Wildman–Crippen MR) is 119 cm³/mol. The maximum Gasteiger partial charge on any atom is 0.198 e. The fraction of sp³-hybridized carbons (Fsp3) is 0.520. The summed E-state index contributed by atoms with van der Waals surface area (Å²) in [6.07, 6.45) is 11.6. The number of ketones is 1. The van der Waals surface area contributed by atoms with Crippen LogP contribution in [0.3, 0.4) is 0 Å². The molecule has 3 aromatic rings. The molecule has 31 heavy (non-hydrogen) atoms. The van der Waals surface area contributed by atoms with Crippen molar-refractivity contribution < 1.29 is 4.79 Å². The lowest BCUT2D eigenvalue weighted by molar-refractivity contribution is -0.121. The van der Waals surface area contributed by atoms with Gasteiger partial charge < -0.3 is 4.90 Å². The first-order chi connectivity index (χ1) is 14.9. The summed E-state index contributed by atoms with van der Waals surface area (Å²) in [7, 11) is 0. The number of hydrogen-bond acceptors (Lipinski definition) is 5. The molecule has 1 saturated carbocycles. The summed E-state index contributed by atoms with van der Waals surface area (Å²) >= 11 is 0. The zero-order chi connectivity index (χ0) is 21.2. The average molecular weight is 416 g/mol. The molecule has 1 aliphatic heterocycles. The number of anilines is 1. The summed E-state index contributed by atoms with van der Waals surface area (Å²) < 4.78 is 1.87. The molecule has 2 aliphatic carbocycles. The van der Waals surface area contributed by atoms with Gasteiger partial charge in [0, 0.05) is 43.7 Å². The summed E-state index contributed by atoms with van der Waals surface area (Å²) in [6.45, 7) is 6.19. The van der Waals surface area contributed by atoms with Gasteiger partial charge in [-0.25, -0.2) is 14.5 Å². The highest BCUT2D eigenvalue weighted by Gasteiger charge is 2.41. The first-order valence-corrected chi connectivity index (χ1v) is 11.5. The normalized spacial score (nSPS) is 21.5. The number of fused-ring (bicyclic) bond motifs is 2. The monoisotopic (exact) mass is 415 g/mol. The number of aromatic nitrogens is 4. The molecule has 2 aromatic heterocycles. The van der Waals surface area contributed by atoms with Crippen molar-refractivity contribution in [1.82, 2.24) is 19.6 Å². The fourth-order valence-corrected chi connectivity index (χ4v) is 6.04. The van der Waals surface area contributed by atoms with Crippen LogP contribution in [-0.4, -0.2) is 38.5 Å². The van der Waals surface area contributed by atoms with E-state index in [1.807, 2.05) is 30.8 Å². The van der Waals surface area contributed by atoms with E-state index < -0.39 is 0 Å². The van der Waals surface area contributed by atoms with Gasteiger partial charge in [0.1, 0.15) is 5.78 Å². The molecule has 3 aliphatic rings. The minimum absolute atomic E-state index is 0.298. The molecule has 6 nitrogen and oxygen atoms in total. The number of Topliss-reactive ketones (excluding diaryl/α,β-unsaturated/α-hetero) is 1. The van der Waals surface area contributed by atoms with Gasteiger partial charge in [0.05, 0.1) is 0 Å². The van der Waals surface area contributed by atoms with Gasteiger partial charge in [0.2, 0.25) is 0 Å². The Morgan fingerprint density at radius 1 is 1.13 bits per heavy atom. The third kappa shape index (κ3) is 2.99. The van der Waals surface area contributed by atoms with Crippen LogP contribution in [0.5, 0.6) is 0 Å². The van der Waals surface area contributed by atoms with Crippen LogP contribution in [0, 0.1) is 5.41 Å². The molecule has 0 bridgehead atoms. The second kappa shape index (κ2) is 6.62. The lowest BCUT2D eigenvalue weighted by Gasteiger charge is -2.23. The quantitative estimate of drug-likeness (QED) is 0.649. The van der Waals surface area contributed by atoms with Gasteiger partial charge in [-0.1, -0.05) is 31.0 Å². The molecule has 0 unspecified atom stereocenters. The number of benzene rings is 1. The minimum atomic E-state index is -0.373. The Bertz CT molecular complexity index is 1190. The van der Waals surface area contributed by atoms with E-state index in [2.05, 4.69) is 23.1 Å². The van der Waals surface area contributed by atoms with Crippen molar-refractivity contribution >= 4 is 17.2 Å². The van der Waals surface area contributed by atoms with E-state index in [0.717, 1.165) is 47.1 Å². The first kappa shape index (κ1) is 19.0. The summed E-state index contributed by atoms with van der Waals surface area (Å²) in [5, 5.41) is 4.74. The van der Waals surface area contributed by atoms with Gasteiger partial charge in [-0.05, 0) is 55.2 Å². The Kier molecular flexibility index (Phi) is 4.05. The molecule has 0 amide bonds. The Labute approximate surface area is 182 Å². The Morgan fingerprint density at radius 2 is 1.97 bits per heavy atom. The number of nitrogens with zero attached hydrogens (tertiary/aromatic N) is 5. The van der Waals surface area contributed by atoms with Gasteiger partial charge in [-0.3, -0.25) is 4.79 Å². The van der Waals surface area contributed by atoms with Gasteiger partial charge in [0.15, 0.2) is 17.3 Å². The molecule has 6 heteroatoms. The van der Waals surface area contributed by atoms with Crippen LogP contribution >= 0.6 is 0 Å². The molecule has 160 valence electrons. The van der Waals surface area contributed by atoms with Gasteiger partial charge in [0.25, 0.3) is 0 Å². The van der Waals surface area contributed by atoms with E-state index >= 15 is 0 Å². The van der Waals surface area contributed by atoms with E-state index in [9.17, 15) is 4.79 Å². The summed E-state index contributed by atoms with van der Waals surface area (Å²) in [6, 6.07) is 6.40. The van der Waals surface area contributed by atoms with Crippen molar-refractivity contribution in [3.05, 3.63) is 53.1 Å². The van der Waals surface area contributed by atoms with Crippen LogP contribution in [0.25, 0.3) is 5.65 Å². The van der Waals surface area contributed by atoms with Crippen LogP contribution in [0.2, 0.25) is 0 Å². The topological polar surface area (TPSA) is 63.4 Å². The molecular formula is C25H29N5O. The number of hydrogen-bond donors (Lipinski definition) is 0. The maximum absolute atomic E-state index is 12.4. The highest BCUT2D eigenvalue weighted by Crippen LogP contribution is 2.46. The van der Waals surface area contributed by atoms with E-state index in [-0.39, 0.29) is 5.41 Å². The molecule has 0 atom stereocenters. The zero-order valence-corrected chi connectivity index (χ0v) is 18.4. The largest absolute Gasteiger partial charge is 0.353 e. The standard InChI is InChI=1S/C25H29N5O/c1-24(2)19-6-5-17(13-18(19)15-20(24)31)14-21-27-23-22(26-10-12-30(23)28-21)29-11-9-25(16-29)7-3-4-8-25/h5-6,10,12-13H,3-4,7-9,11,14-16H2,1-2H3. The Balaban J connectivity index is 1.28.